The standard InChI is InChI=1S/C19H27NO2/c1-19-7-6-13-14(16(19)4-5-18(19)22)3-2-11-8-12(10-21)17(20)9-15(11)13/h8-9,13-14,16,18,21-22H,2-7,10,20H2,1H3. The van der Waals surface area contributed by atoms with Gasteiger partial charge in [-0.1, -0.05) is 13.0 Å². The molecule has 4 N–H and O–H groups in total. The summed E-state index contributed by atoms with van der Waals surface area (Å²) in [6, 6.07) is 4.25. The number of aryl methyl sites for hydroxylation is 1. The van der Waals surface area contributed by atoms with E-state index in [-0.39, 0.29) is 18.1 Å². The van der Waals surface area contributed by atoms with Crippen molar-refractivity contribution in [2.45, 2.75) is 64.1 Å². The lowest BCUT2D eigenvalue weighted by Gasteiger charge is -2.50. The summed E-state index contributed by atoms with van der Waals surface area (Å²) in [5.74, 6) is 1.96. The van der Waals surface area contributed by atoms with E-state index in [1.807, 2.05) is 0 Å². The highest BCUT2D eigenvalue weighted by atomic mass is 16.3. The highest BCUT2D eigenvalue weighted by Gasteiger charge is 2.54. The molecule has 5 atom stereocenters. The zero-order valence-electron chi connectivity index (χ0n) is 13.4. The smallest absolute Gasteiger partial charge is 0.0702 e. The molecule has 120 valence electrons. The van der Waals surface area contributed by atoms with Crippen LogP contribution >= 0.6 is 0 Å². The number of fused-ring (bicyclic) bond motifs is 5. The first kappa shape index (κ1) is 14.5. The van der Waals surface area contributed by atoms with Crippen LogP contribution in [0.3, 0.4) is 0 Å². The Labute approximate surface area is 132 Å². The molecule has 0 amide bonds. The number of benzene rings is 1. The molecule has 1 aromatic carbocycles. The van der Waals surface area contributed by atoms with Gasteiger partial charge in [0.05, 0.1) is 12.7 Å². The van der Waals surface area contributed by atoms with Gasteiger partial charge in [-0.3, -0.25) is 0 Å². The molecule has 2 saturated carbocycles. The second-order valence-corrected chi connectivity index (χ2v) is 7.96. The first-order chi connectivity index (χ1) is 10.5. The maximum absolute atomic E-state index is 10.4. The summed E-state index contributed by atoms with van der Waals surface area (Å²) in [6.45, 7) is 2.34. The van der Waals surface area contributed by atoms with Crippen LogP contribution in [-0.4, -0.2) is 16.3 Å². The summed E-state index contributed by atoms with van der Waals surface area (Å²) in [7, 11) is 0. The number of rotatable bonds is 1. The lowest BCUT2D eigenvalue weighted by Crippen LogP contribution is -2.44. The van der Waals surface area contributed by atoms with Crippen LogP contribution in [0.15, 0.2) is 12.1 Å². The van der Waals surface area contributed by atoms with Crippen molar-refractivity contribution < 1.29 is 10.2 Å². The number of aliphatic hydroxyl groups excluding tert-OH is 2. The van der Waals surface area contributed by atoms with Crippen LogP contribution in [-0.2, 0) is 13.0 Å². The van der Waals surface area contributed by atoms with Crippen molar-refractivity contribution in [3.8, 4) is 0 Å². The average Bonchev–Trinajstić information content (AvgIpc) is 2.82. The van der Waals surface area contributed by atoms with E-state index < -0.39 is 0 Å². The van der Waals surface area contributed by atoms with Crippen LogP contribution in [0, 0.1) is 17.3 Å². The van der Waals surface area contributed by atoms with Gasteiger partial charge in [-0.05, 0) is 78.9 Å². The molecule has 4 rings (SSSR count). The molecule has 0 saturated heterocycles. The molecule has 3 aliphatic carbocycles. The maximum Gasteiger partial charge on any atom is 0.0702 e. The third kappa shape index (κ3) is 1.88. The Morgan fingerprint density at radius 3 is 2.82 bits per heavy atom. The SMILES string of the molecule is CC12CCC3c4cc(N)c(CO)cc4CCC3C1CCC2O. The minimum atomic E-state index is -0.110. The van der Waals surface area contributed by atoms with Crippen molar-refractivity contribution in [2.75, 3.05) is 5.73 Å². The summed E-state index contributed by atoms with van der Waals surface area (Å²) in [5, 5.41) is 19.9. The fourth-order valence-electron chi connectivity index (χ4n) is 5.80. The van der Waals surface area contributed by atoms with Gasteiger partial charge in [0, 0.05) is 11.3 Å². The molecule has 0 aromatic heterocycles. The number of nitrogens with two attached hydrogens (primary N) is 1. The molecule has 0 bridgehead atoms. The van der Waals surface area contributed by atoms with Gasteiger partial charge >= 0.3 is 0 Å². The van der Waals surface area contributed by atoms with E-state index in [0.717, 1.165) is 30.5 Å². The first-order valence-electron chi connectivity index (χ1n) is 8.74. The molecule has 2 fully saturated rings. The molecule has 1 aromatic rings. The fraction of sp³-hybridized carbons (Fsp3) is 0.684. The van der Waals surface area contributed by atoms with E-state index in [4.69, 9.17) is 5.73 Å². The minimum absolute atomic E-state index is 0.0279. The van der Waals surface area contributed by atoms with Gasteiger partial charge in [0.15, 0.2) is 0 Å². The van der Waals surface area contributed by atoms with Crippen molar-refractivity contribution in [1.82, 2.24) is 0 Å². The Kier molecular flexibility index (Phi) is 3.28. The molecule has 0 spiro atoms. The molecule has 22 heavy (non-hydrogen) atoms. The van der Waals surface area contributed by atoms with Crippen molar-refractivity contribution in [1.29, 1.82) is 0 Å². The number of hydrogen-bond donors (Lipinski definition) is 3. The zero-order chi connectivity index (χ0) is 15.5. The Morgan fingerprint density at radius 1 is 1.23 bits per heavy atom. The Balaban J connectivity index is 1.71. The van der Waals surface area contributed by atoms with E-state index in [0.29, 0.717) is 17.8 Å². The fourth-order valence-corrected chi connectivity index (χ4v) is 5.80. The second-order valence-electron chi connectivity index (χ2n) is 7.96. The minimum Gasteiger partial charge on any atom is -0.398 e. The molecule has 5 unspecified atom stereocenters. The third-order valence-corrected chi connectivity index (χ3v) is 7.10. The monoisotopic (exact) mass is 301 g/mol. The molecule has 3 aliphatic rings. The number of hydrogen-bond acceptors (Lipinski definition) is 3. The highest BCUT2D eigenvalue weighted by Crippen LogP contribution is 2.60. The van der Waals surface area contributed by atoms with Crippen molar-refractivity contribution in [3.63, 3.8) is 0 Å². The molecular weight excluding hydrogens is 274 g/mol. The number of aliphatic hydroxyl groups is 2. The normalized spacial score (nSPS) is 40.0. The second kappa shape index (κ2) is 4.97. The average molecular weight is 301 g/mol. The lowest BCUT2D eigenvalue weighted by molar-refractivity contribution is -0.0226. The van der Waals surface area contributed by atoms with Gasteiger partial charge in [-0.25, -0.2) is 0 Å². The third-order valence-electron chi connectivity index (χ3n) is 7.10. The summed E-state index contributed by atoms with van der Waals surface area (Å²) in [5.41, 5.74) is 10.7. The van der Waals surface area contributed by atoms with Crippen LogP contribution in [0.1, 0.15) is 61.6 Å². The quantitative estimate of drug-likeness (QED) is 0.699. The molecule has 3 nitrogen and oxygen atoms in total. The largest absolute Gasteiger partial charge is 0.398 e. The highest BCUT2D eigenvalue weighted by molar-refractivity contribution is 5.54. The molecular formula is C19H27NO2. The van der Waals surface area contributed by atoms with Crippen molar-refractivity contribution in [3.05, 3.63) is 28.8 Å². The van der Waals surface area contributed by atoms with Crippen LogP contribution in [0.4, 0.5) is 5.69 Å². The predicted molar refractivity (Wildman–Crippen MR) is 87.4 cm³/mol. The Morgan fingerprint density at radius 2 is 2.05 bits per heavy atom. The Hall–Kier alpha value is -1.06. The van der Waals surface area contributed by atoms with E-state index in [2.05, 4.69) is 19.1 Å². The summed E-state index contributed by atoms with van der Waals surface area (Å²) in [4.78, 5) is 0. The topological polar surface area (TPSA) is 66.5 Å². The van der Waals surface area contributed by atoms with Crippen LogP contribution in [0.5, 0.6) is 0 Å². The predicted octanol–water partition coefficient (Wildman–Crippen LogP) is 2.98. The van der Waals surface area contributed by atoms with Crippen molar-refractivity contribution >= 4 is 5.69 Å². The van der Waals surface area contributed by atoms with Crippen LogP contribution in [0.25, 0.3) is 0 Å². The van der Waals surface area contributed by atoms with E-state index in [1.165, 1.54) is 30.4 Å². The Bertz CT molecular complexity index is 599. The van der Waals surface area contributed by atoms with E-state index in [1.54, 1.807) is 0 Å². The molecule has 0 heterocycles. The van der Waals surface area contributed by atoms with Gasteiger partial charge in [0.2, 0.25) is 0 Å². The van der Waals surface area contributed by atoms with E-state index in [9.17, 15) is 10.2 Å². The van der Waals surface area contributed by atoms with Gasteiger partial charge in [0.25, 0.3) is 0 Å². The summed E-state index contributed by atoms with van der Waals surface area (Å²) < 4.78 is 0. The van der Waals surface area contributed by atoms with Crippen LogP contribution < -0.4 is 5.73 Å². The maximum atomic E-state index is 10.4. The number of anilines is 1. The zero-order valence-corrected chi connectivity index (χ0v) is 13.4. The van der Waals surface area contributed by atoms with E-state index >= 15 is 0 Å². The summed E-state index contributed by atoms with van der Waals surface area (Å²) >= 11 is 0. The lowest BCUT2D eigenvalue weighted by atomic mass is 9.55. The van der Waals surface area contributed by atoms with Crippen LogP contribution in [0.2, 0.25) is 0 Å². The first-order valence-corrected chi connectivity index (χ1v) is 8.74. The number of nitrogen functional groups attached to an aromatic ring is 1. The summed E-state index contributed by atoms with van der Waals surface area (Å²) in [6.07, 6.45) is 6.65. The van der Waals surface area contributed by atoms with Gasteiger partial charge in [0.1, 0.15) is 0 Å². The van der Waals surface area contributed by atoms with Gasteiger partial charge in [-0.15, -0.1) is 0 Å². The molecule has 0 radical (unpaired) electrons. The van der Waals surface area contributed by atoms with Gasteiger partial charge < -0.3 is 15.9 Å². The molecule has 0 aliphatic heterocycles. The van der Waals surface area contributed by atoms with Gasteiger partial charge in [-0.2, -0.15) is 0 Å². The molecule has 3 heteroatoms. The van der Waals surface area contributed by atoms with Crippen molar-refractivity contribution in [2.24, 2.45) is 17.3 Å².